The van der Waals surface area contributed by atoms with Crippen molar-refractivity contribution in [3.8, 4) is 0 Å². The SMILES string of the molecule is Cc1ccc(C)c2c(C(C)C)cc(N(NC(N)=O)c3cc(Cl)cc(Cl)c3)nc12. The second kappa shape index (κ2) is 7.86. The molecule has 3 N–H and O–H groups in total. The number of carbonyl (C=O) groups is 1. The predicted molar refractivity (Wildman–Crippen MR) is 117 cm³/mol. The van der Waals surface area contributed by atoms with Crippen LogP contribution in [0.3, 0.4) is 0 Å². The topological polar surface area (TPSA) is 71.2 Å². The minimum Gasteiger partial charge on any atom is -0.350 e. The van der Waals surface area contributed by atoms with Gasteiger partial charge < -0.3 is 5.73 Å². The normalized spacial score (nSPS) is 11.1. The van der Waals surface area contributed by atoms with Gasteiger partial charge in [-0.3, -0.25) is 0 Å². The summed E-state index contributed by atoms with van der Waals surface area (Å²) in [6.45, 7) is 8.35. The quantitative estimate of drug-likeness (QED) is 0.511. The number of primary amides is 1. The van der Waals surface area contributed by atoms with Gasteiger partial charge in [0.2, 0.25) is 0 Å². The Bertz CT molecular complexity index is 1050. The van der Waals surface area contributed by atoms with E-state index >= 15 is 0 Å². The number of nitrogens with zero attached hydrogens (tertiary/aromatic N) is 2. The van der Waals surface area contributed by atoms with Crippen molar-refractivity contribution in [3.63, 3.8) is 0 Å². The van der Waals surface area contributed by atoms with Crippen LogP contribution in [0.4, 0.5) is 16.3 Å². The molecular formula is C21H22Cl2N4O. The number of rotatable bonds is 4. The molecule has 0 aliphatic heterocycles. The summed E-state index contributed by atoms with van der Waals surface area (Å²) in [6.07, 6.45) is 0. The second-order valence-corrected chi connectivity index (χ2v) is 7.96. The molecule has 2 amide bonds. The third-order valence-corrected chi connectivity index (χ3v) is 5.00. The van der Waals surface area contributed by atoms with Gasteiger partial charge in [0.05, 0.1) is 11.2 Å². The first kappa shape index (κ1) is 20.2. The third kappa shape index (κ3) is 4.01. The van der Waals surface area contributed by atoms with Crippen molar-refractivity contribution in [3.05, 3.63) is 63.1 Å². The molecule has 0 radical (unpaired) electrons. The molecule has 0 aliphatic rings. The zero-order valence-electron chi connectivity index (χ0n) is 16.2. The maximum Gasteiger partial charge on any atom is 0.331 e. The van der Waals surface area contributed by atoms with Crippen LogP contribution in [0.5, 0.6) is 0 Å². The number of nitrogens with two attached hydrogens (primary N) is 1. The van der Waals surface area contributed by atoms with Gasteiger partial charge in [-0.1, -0.05) is 49.2 Å². The van der Waals surface area contributed by atoms with Gasteiger partial charge in [-0.15, -0.1) is 0 Å². The first-order valence-electron chi connectivity index (χ1n) is 8.90. The average molecular weight is 417 g/mol. The highest BCUT2D eigenvalue weighted by atomic mass is 35.5. The van der Waals surface area contributed by atoms with Crippen molar-refractivity contribution in [2.24, 2.45) is 5.73 Å². The maximum atomic E-state index is 11.7. The van der Waals surface area contributed by atoms with E-state index in [1.807, 2.05) is 19.1 Å². The number of aryl methyl sites for hydroxylation is 2. The van der Waals surface area contributed by atoms with Crippen LogP contribution in [0.2, 0.25) is 10.0 Å². The lowest BCUT2D eigenvalue weighted by atomic mass is 9.94. The number of nitrogens with one attached hydrogen (secondary N) is 1. The molecular weight excluding hydrogens is 395 g/mol. The van der Waals surface area contributed by atoms with Crippen molar-refractivity contribution in [2.75, 3.05) is 5.01 Å². The van der Waals surface area contributed by atoms with E-state index in [1.165, 1.54) is 5.01 Å². The molecule has 5 nitrogen and oxygen atoms in total. The molecule has 0 unspecified atom stereocenters. The van der Waals surface area contributed by atoms with E-state index in [-0.39, 0.29) is 5.92 Å². The lowest BCUT2D eigenvalue weighted by Gasteiger charge is -2.26. The van der Waals surface area contributed by atoms with E-state index in [2.05, 4.69) is 32.3 Å². The summed E-state index contributed by atoms with van der Waals surface area (Å²) in [5.41, 5.74) is 12.8. The van der Waals surface area contributed by atoms with E-state index < -0.39 is 6.03 Å². The standard InChI is InChI=1S/C21H22Cl2N4O/c1-11(2)17-10-18(25-20-13(4)6-5-12(3)19(17)20)27(26-21(24)28)16-8-14(22)7-15(23)9-16/h5-11H,1-4H3,(H3,24,26,28). The highest BCUT2D eigenvalue weighted by Gasteiger charge is 2.19. The lowest BCUT2D eigenvalue weighted by molar-refractivity contribution is 0.249. The molecule has 1 aromatic heterocycles. The Morgan fingerprint density at radius 2 is 1.68 bits per heavy atom. The van der Waals surface area contributed by atoms with Gasteiger partial charge >= 0.3 is 6.03 Å². The Kier molecular flexibility index (Phi) is 5.68. The van der Waals surface area contributed by atoms with Crippen molar-refractivity contribution in [1.82, 2.24) is 10.4 Å². The molecule has 0 saturated heterocycles. The van der Waals surface area contributed by atoms with Gasteiger partial charge in [-0.2, -0.15) is 0 Å². The number of carbonyl (C=O) groups excluding carboxylic acids is 1. The highest BCUT2D eigenvalue weighted by molar-refractivity contribution is 6.35. The largest absolute Gasteiger partial charge is 0.350 e. The summed E-state index contributed by atoms with van der Waals surface area (Å²) in [5.74, 6) is 0.783. The molecule has 146 valence electrons. The number of halogens is 2. The molecule has 1 heterocycles. The summed E-state index contributed by atoms with van der Waals surface area (Å²) in [4.78, 5) is 16.5. The number of urea groups is 1. The summed E-state index contributed by atoms with van der Waals surface area (Å²) in [7, 11) is 0. The van der Waals surface area contributed by atoms with Crippen LogP contribution < -0.4 is 16.2 Å². The Morgan fingerprint density at radius 1 is 1.07 bits per heavy atom. The van der Waals surface area contributed by atoms with Crippen LogP contribution in [0.25, 0.3) is 10.9 Å². The Labute approximate surface area is 174 Å². The van der Waals surface area contributed by atoms with Gasteiger partial charge in [-0.05, 0) is 60.7 Å². The van der Waals surface area contributed by atoms with Crippen molar-refractivity contribution in [1.29, 1.82) is 0 Å². The van der Waals surface area contributed by atoms with Gasteiger partial charge in [-0.25, -0.2) is 20.2 Å². The maximum absolute atomic E-state index is 11.7. The van der Waals surface area contributed by atoms with Crippen molar-refractivity contribution >= 4 is 51.6 Å². The van der Waals surface area contributed by atoms with Gasteiger partial charge in [0.15, 0.2) is 5.82 Å². The number of aromatic nitrogens is 1. The molecule has 7 heteroatoms. The average Bonchev–Trinajstić information content (AvgIpc) is 2.61. The fraction of sp³-hybridized carbons (Fsp3) is 0.238. The van der Waals surface area contributed by atoms with E-state index in [1.54, 1.807) is 18.2 Å². The molecule has 28 heavy (non-hydrogen) atoms. The molecule has 0 atom stereocenters. The van der Waals surface area contributed by atoms with Crippen LogP contribution in [0.1, 0.15) is 36.5 Å². The molecule has 0 spiro atoms. The number of fused-ring (bicyclic) bond motifs is 1. The van der Waals surface area contributed by atoms with Crippen molar-refractivity contribution in [2.45, 2.75) is 33.6 Å². The van der Waals surface area contributed by atoms with Crippen LogP contribution in [-0.4, -0.2) is 11.0 Å². The molecule has 0 saturated carbocycles. The number of hydrazine groups is 1. The predicted octanol–water partition coefficient (Wildman–Crippen LogP) is 6.00. The number of hydrogen-bond donors (Lipinski definition) is 2. The number of anilines is 2. The van der Waals surface area contributed by atoms with Gasteiger partial charge in [0.25, 0.3) is 0 Å². The minimum absolute atomic E-state index is 0.253. The van der Waals surface area contributed by atoms with Gasteiger partial charge in [0.1, 0.15) is 0 Å². The molecule has 0 aliphatic carbocycles. The Morgan fingerprint density at radius 3 is 2.25 bits per heavy atom. The lowest BCUT2D eigenvalue weighted by Crippen LogP contribution is -2.42. The molecule has 0 fully saturated rings. The van der Waals surface area contributed by atoms with Crippen LogP contribution in [0.15, 0.2) is 36.4 Å². The fourth-order valence-corrected chi connectivity index (χ4v) is 3.78. The third-order valence-electron chi connectivity index (χ3n) is 4.57. The smallest absolute Gasteiger partial charge is 0.331 e. The number of pyridine rings is 1. The zero-order chi connectivity index (χ0) is 20.6. The highest BCUT2D eigenvalue weighted by Crippen LogP contribution is 2.35. The van der Waals surface area contributed by atoms with Crippen molar-refractivity contribution < 1.29 is 4.79 Å². The van der Waals surface area contributed by atoms with Gasteiger partial charge in [0, 0.05) is 15.4 Å². The summed E-state index contributed by atoms with van der Waals surface area (Å²) in [6, 6.07) is 10.4. The monoisotopic (exact) mass is 416 g/mol. The van der Waals surface area contributed by atoms with E-state index in [9.17, 15) is 4.79 Å². The fourth-order valence-electron chi connectivity index (χ4n) is 3.27. The Hall–Kier alpha value is -2.50. The van der Waals surface area contributed by atoms with E-state index in [4.69, 9.17) is 33.9 Å². The second-order valence-electron chi connectivity index (χ2n) is 7.09. The van der Waals surface area contributed by atoms with E-state index in [0.29, 0.717) is 21.6 Å². The summed E-state index contributed by atoms with van der Waals surface area (Å²) < 4.78 is 0. The minimum atomic E-state index is -0.718. The molecule has 0 bridgehead atoms. The first-order valence-corrected chi connectivity index (χ1v) is 9.66. The summed E-state index contributed by atoms with van der Waals surface area (Å²) in [5, 5.41) is 3.51. The van der Waals surface area contributed by atoms with Crippen LogP contribution >= 0.6 is 23.2 Å². The number of benzene rings is 2. The van der Waals surface area contributed by atoms with E-state index in [0.717, 1.165) is 27.6 Å². The molecule has 2 aromatic carbocycles. The molecule has 3 rings (SSSR count). The zero-order valence-corrected chi connectivity index (χ0v) is 17.7. The Balaban J connectivity index is 2.31. The number of amides is 2. The van der Waals surface area contributed by atoms with Crippen LogP contribution in [0, 0.1) is 13.8 Å². The summed E-state index contributed by atoms with van der Waals surface area (Å²) >= 11 is 12.3. The van der Waals surface area contributed by atoms with Crippen LogP contribution in [-0.2, 0) is 0 Å². The first-order chi connectivity index (χ1) is 13.2. The molecule has 3 aromatic rings. The number of hydrogen-bond acceptors (Lipinski definition) is 3.